The summed E-state index contributed by atoms with van der Waals surface area (Å²) >= 11 is 0. The van der Waals surface area contributed by atoms with Crippen LogP contribution in [0.1, 0.15) is 44.6 Å². The molecule has 1 heterocycles. The number of nitrogens with one attached hydrogen (secondary N) is 1. The molecule has 0 amide bonds. The van der Waals surface area contributed by atoms with E-state index in [1.54, 1.807) is 6.92 Å². The lowest BCUT2D eigenvalue weighted by Crippen LogP contribution is -2.40. The zero-order valence-electron chi connectivity index (χ0n) is 14.0. The second-order valence-electron chi connectivity index (χ2n) is 6.26. The molecule has 4 nitrogen and oxygen atoms in total. The number of hydrogen-bond acceptors (Lipinski definition) is 3. The minimum absolute atomic E-state index is 0.126. The van der Waals surface area contributed by atoms with Gasteiger partial charge in [0.25, 0.3) is 0 Å². The van der Waals surface area contributed by atoms with Gasteiger partial charge in [0.1, 0.15) is 5.82 Å². The summed E-state index contributed by atoms with van der Waals surface area (Å²) < 4.78 is 40.3. The van der Waals surface area contributed by atoms with E-state index in [2.05, 4.69) is 16.5 Å². The van der Waals surface area contributed by atoms with Crippen molar-refractivity contribution in [2.45, 2.75) is 56.9 Å². The summed E-state index contributed by atoms with van der Waals surface area (Å²) in [5.41, 5.74) is 0.340. The van der Waals surface area contributed by atoms with Gasteiger partial charge in [-0.3, -0.25) is 0 Å². The van der Waals surface area contributed by atoms with Gasteiger partial charge in [-0.1, -0.05) is 13.3 Å². The molecule has 23 heavy (non-hydrogen) atoms. The molecule has 0 aromatic heterocycles. The predicted octanol–water partition coefficient (Wildman–Crippen LogP) is 3.07. The minimum atomic E-state index is -3.56. The lowest BCUT2D eigenvalue weighted by atomic mass is 10.00. The van der Waals surface area contributed by atoms with Crippen LogP contribution in [0.15, 0.2) is 23.1 Å². The Balaban J connectivity index is 1.83. The molecule has 1 fully saturated rings. The monoisotopic (exact) mass is 342 g/mol. The second kappa shape index (κ2) is 8.22. The van der Waals surface area contributed by atoms with E-state index >= 15 is 0 Å². The Morgan fingerprint density at radius 1 is 1.35 bits per heavy atom. The van der Waals surface area contributed by atoms with Gasteiger partial charge in [-0.05, 0) is 69.5 Å². The molecule has 2 rings (SSSR count). The Kier molecular flexibility index (Phi) is 6.56. The lowest BCUT2D eigenvalue weighted by molar-refractivity contribution is 0.143. The van der Waals surface area contributed by atoms with Gasteiger partial charge in [0.15, 0.2) is 0 Å². The third-order valence-corrected chi connectivity index (χ3v) is 6.03. The third kappa shape index (κ3) is 4.99. The van der Waals surface area contributed by atoms with E-state index in [0.717, 1.165) is 25.9 Å². The summed E-state index contributed by atoms with van der Waals surface area (Å²) in [4.78, 5) is 2.60. The maximum atomic E-state index is 13.2. The highest BCUT2D eigenvalue weighted by atomic mass is 32.2. The Hall–Kier alpha value is -0.980. The van der Waals surface area contributed by atoms with Gasteiger partial charge < -0.3 is 4.90 Å². The van der Waals surface area contributed by atoms with Crippen molar-refractivity contribution in [2.24, 2.45) is 0 Å². The molecule has 130 valence electrons. The SMILES string of the molecule is CCC1CCCCN1CCCNS(=O)(=O)c1ccc(F)c(C)c1. The summed E-state index contributed by atoms with van der Waals surface area (Å²) in [5.74, 6) is -0.389. The van der Waals surface area contributed by atoms with Crippen LogP contribution in [-0.2, 0) is 10.0 Å². The number of likely N-dealkylation sites (tertiary alicyclic amines) is 1. The largest absolute Gasteiger partial charge is 0.300 e. The van der Waals surface area contributed by atoms with Crippen LogP contribution < -0.4 is 4.72 Å². The van der Waals surface area contributed by atoms with Crippen molar-refractivity contribution >= 4 is 10.0 Å². The summed E-state index contributed by atoms with van der Waals surface area (Å²) in [6, 6.07) is 4.52. The molecule has 0 aliphatic carbocycles. The van der Waals surface area contributed by atoms with Gasteiger partial charge in [0.2, 0.25) is 10.0 Å². The minimum Gasteiger partial charge on any atom is -0.300 e. The van der Waals surface area contributed by atoms with E-state index in [1.807, 2.05) is 0 Å². The number of hydrogen-bond donors (Lipinski definition) is 1. The maximum Gasteiger partial charge on any atom is 0.240 e. The van der Waals surface area contributed by atoms with E-state index in [-0.39, 0.29) is 10.7 Å². The van der Waals surface area contributed by atoms with Crippen LogP contribution in [-0.4, -0.2) is 39.0 Å². The molecule has 0 saturated carbocycles. The summed E-state index contributed by atoms with van der Waals surface area (Å²) in [6.45, 7) is 6.22. The summed E-state index contributed by atoms with van der Waals surface area (Å²) in [5, 5.41) is 0. The molecule has 1 saturated heterocycles. The predicted molar refractivity (Wildman–Crippen MR) is 90.4 cm³/mol. The highest BCUT2D eigenvalue weighted by molar-refractivity contribution is 7.89. The average Bonchev–Trinajstić information content (AvgIpc) is 2.54. The molecular formula is C17H27FN2O2S. The molecule has 1 aliphatic rings. The van der Waals surface area contributed by atoms with Crippen LogP contribution in [0.3, 0.4) is 0 Å². The fourth-order valence-corrected chi connectivity index (χ4v) is 4.33. The van der Waals surface area contributed by atoms with Gasteiger partial charge in [0.05, 0.1) is 4.90 Å². The topological polar surface area (TPSA) is 49.4 Å². The fourth-order valence-electron chi connectivity index (χ4n) is 3.17. The molecule has 1 aromatic carbocycles. The van der Waals surface area contributed by atoms with E-state index in [9.17, 15) is 12.8 Å². The van der Waals surface area contributed by atoms with Crippen molar-refractivity contribution in [2.75, 3.05) is 19.6 Å². The quantitative estimate of drug-likeness (QED) is 0.775. The average molecular weight is 342 g/mol. The second-order valence-corrected chi connectivity index (χ2v) is 8.02. The Morgan fingerprint density at radius 2 is 2.13 bits per heavy atom. The number of sulfonamides is 1. The zero-order chi connectivity index (χ0) is 16.9. The molecule has 1 unspecified atom stereocenters. The molecular weight excluding hydrogens is 315 g/mol. The van der Waals surface area contributed by atoms with Gasteiger partial charge in [-0.15, -0.1) is 0 Å². The van der Waals surface area contributed by atoms with Crippen molar-refractivity contribution in [3.05, 3.63) is 29.6 Å². The molecule has 0 spiro atoms. The van der Waals surface area contributed by atoms with Crippen LogP contribution in [0.25, 0.3) is 0 Å². The molecule has 6 heteroatoms. The maximum absolute atomic E-state index is 13.2. The van der Waals surface area contributed by atoms with Crippen LogP contribution in [0, 0.1) is 12.7 Å². The molecule has 1 N–H and O–H groups in total. The van der Waals surface area contributed by atoms with Gasteiger partial charge in [0, 0.05) is 12.6 Å². The number of halogens is 1. The van der Waals surface area contributed by atoms with Crippen molar-refractivity contribution in [1.29, 1.82) is 0 Å². The van der Waals surface area contributed by atoms with E-state index in [1.165, 1.54) is 37.5 Å². The molecule has 0 radical (unpaired) electrons. The highest BCUT2D eigenvalue weighted by Gasteiger charge is 2.20. The van der Waals surface area contributed by atoms with Crippen molar-refractivity contribution < 1.29 is 12.8 Å². The summed E-state index contributed by atoms with van der Waals surface area (Å²) in [7, 11) is -3.56. The van der Waals surface area contributed by atoms with Crippen LogP contribution >= 0.6 is 0 Å². The van der Waals surface area contributed by atoms with E-state index in [4.69, 9.17) is 0 Å². The van der Waals surface area contributed by atoms with Gasteiger partial charge >= 0.3 is 0 Å². The van der Waals surface area contributed by atoms with Crippen molar-refractivity contribution in [3.8, 4) is 0 Å². The first-order valence-electron chi connectivity index (χ1n) is 8.44. The zero-order valence-corrected chi connectivity index (χ0v) is 14.8. The van der Waals surface area contributed by atoms with Gasteiger partial charge in [-0.25, -0.2) is 17.5 Å². The molecule has 1 aromatic rings. The first kappa shape index (κ1) is 18.4. The standard InChI is InChI=1S/C17H27FN2O2S/c1-3-15-7-4-5-11-20(15)12-6-10-19-23(21,22)16-8-9-17(18)14(2)13-16/h8-9,13,15,19H,3-7,10-12H2,1-2H3. The van der Waals surface area contributed by atoms with Crippen LogP contribution in [0.4, 0.5) is 4.39 Å². The van der Waals surface area contributed by atoms with E-state index in [0.29, 0.717) is 18.2 Å². The number of benzene rings is 1. The smallest absolute Gasteiger partial charge is 0.240 e. The Bertz CT molecular complexity index is 619. The van der Waals surface area contributed by atoms with Crippen LogP contribution in [0.2, 0.25) is 0 Å². The summed E-state index contributed by atoms with van der Waals surface area (Å²) in [6.07, 6.45) is 5.72. The number of nitrogens with zero attached hydrogens (tertiary/aromatic N) is 1. The highest BCUT2D eigenvalue weighted by Crippen LogP contribution is 2.19. The van der Waals surface area contributed by atoms with Crippen molar-refractivity contribution in [3.63, 3.8) is 0 Å². The molecule has 0 bridgehead atoms. The van der Waals surface area contributed by atoms with Gasteiger partial charge in [-0.2, -0.15) is 0 Å². The Morgan fingerprint density at radius 3 is 2.83 bits per heavy atom. The Labute approximate surface area is 139 Å². The van der Waals surface area contributed by atoms with Crippen molar-refractivity contribution in [1.82, 2.24) is 9.62 Å². The molecule has 1 aliphatic heterocycles. The number of piperidine rings is 1. The first-order valence-corrected chi connectivity index (χ1v) is 9.92. The molecule has 1 atom stereocenters. The van der Waals surface area contributed by atoms with E-state index < -0.39 is 10.0 Å². The number of rotatable bonds is 7. The fraction of sp³-hybridized carbons (Fsp3) is 0.647. The third-order valence-electron chi connectivity index (χ3n) is 4.57. The van der Waals surface area contributed by atoms with Crippen LogP contribution in [0.5, 0.6) is 0 Å². The number of aryl methyl sites for hydroxylation is 1. The first-order chi connectivity index (χ1) is 10.9. The lowest BCUT2D eigenvalue weighted by Gasteiger charge is -2.35. The normalized spacial score (nSPS) is 19.9.